The van der Waals surface area contributed by atoms with E-state index >= 15 is 0 Å². The van der Waals surface area contributed by atoms with Gasteiger partial charge in [0.2, 0.25) is 0 Å². The highest BCUT2D eigenvalue weighted by Gasteiger charge is 2.42. The van der Waals surface area contributed by atoms with Crippen LogP contribution in [0.4, 0.5) is 11.4 Å². The lowest BCUT2D eigenvalue weighted by molar-refractivity contribution is 0.660. The summed E-state index contributed by atoms with van der Waals surface area (Å²) in [6.45, 7) is 5.34. The van der Waals surface area contributed by atoms with Crippen LogP contribution < -0.4 is 16.4 Å². The minimum atomic E-state index is -0.475. The van der Waals surface area contributed by atoms with E-state index in [9.17, 15) is 0 Å². The topological polar surface area (TPSA) is 62.4 Å². The SMILES string of the molecule is CC1(C)c2ccccc2-c2c1ccc(C1=C3C=CCC31)c2Nc1ccc(/C(=N/C(N)c2ccccc2)NCc2ccccc2)cc1. The van der Waals surface area contributed by atoms with Crippen LogP contribution in [0.15, 0.2) is 144 Å². The minimum absolute atomic E-state index is 0.0603. The molecule has 46 heavy (non-hydrogen) atoms. The molecule has 0 saturated carbocycles. The zero-order valence-electron chi connectivity index (χ0n) is 26.3. The zero-order valence-corrected chi connectivity index (χ0v) is 26.3. The number of hydrogen-bond donors (Lipinski definition) is 3. The van der Waals surface area contributed by atoms with Crippen LogP contribution >= 0.6 is 0 Å². The van der Waals surface area contributed by atoms with E-state index in [4.69, 9.17) is 10.7 Å². The van der Waals surface area contributed by atoms with Gasteiger partial charge in [-0.3, -0.25) is 0 Å². The van der Waals surface area contributed by atoms with Crippen molar-refractivity contribution >= 4 is 22.8 Å². The summed E-state index contributed by atoms with van der Waals surface area (Å²) in [6.07, 6.45) is 5.25. The van der Waals surface area contributed by atoms with Crippen molar-refractivity contribution in [2.45, 2.75) is 38.4 Å². The molecular formula is C42H38N4. The number of nitrogens with zero attached hydrogens (tertiary/aromatic N) is 1. The highest BCUT2D eigenvalue weighted by Crippen LogP contribution is 2.59. The van der Waals surface area contributed by atoms with Crippen LogP contribution in [0, 0.1) is 5.92 Å². The van der Waals surface area contributed by atoms with Crippen molar-refractivity contribution in [3.8, 4) is 11.1 Å². The lowest BCUT2D eigenvalue weighted by atomic mass is 9.82. The maximum atomic E-state index is 6.59. The Morgan fingerprint density at radius 2 is 1.52 bits per heavy atom. The van der Waals surface area contributed by atoms with Crippen LogP contribution in [0.25, 0.3) is 16.7 Å². The summed E-state index contributed by atoms with van der Waals surface area (Å²) >= 11 is 0. The minimum Gasteiger partial charge on any atom is -0.366 e. The molecule has 4 heteroatoms. The van der Waals surface area contributed by atoms with Crippen molar-refractivity contribution in [2.24, 2.45) is 16.6 Å². The van der Waals surface area contributed by atoms with Crippen LogP contribution in [-0.4, -0.2) is 5.84 Å². The van der Waals surface area contributed by atoms with E-state index in [1.54, 1.807) is 0 Å². The van der Waals surface area contributed by atoms with Gasteiger partial charge in [0.25, 0.3) is 0 Å². The van der Waals surface area contributed by atoms with Crippen molar-refractivity contribution in [3.63, 3.8) is 0 Å². The third-order valence-electron chi connectivity index (χ3n) is 9.80. The number of amidine groups is 1. The quantitative estimate of drug-likeness (QED) is 0.123. The summed E-state index contributed by atoms with van der Waals surface area (Å²) in [4.78, 5) is 4.96. The molecule has 8 rings (SSSR count). The van der Waals surface area contributed by atoms with Gasteiger partial charge in [-0.2, -0.15) is 0 Å². The molecule has 4 nitrogen and oxygen atoms in total. The Labute approximate surface area is 271 Å². The fourth-order valence-corrected chi connectivity index (χ4v) is 7.29. The van der Waals surface area contributed by atoms with Crippen LogP contribution in [0.1, 0.15) is 59.8 Å². The summed E-state index contributed by atoms with van der Waals surface area (Å²) in [5.74, 6) is 1.34. The molecule has 3 aliphatic rings. The number of nitrogens with one attached hydrogen (secondary N) is 2. The van der Waals surface area contributed by atoms with Crippen molar-refractivity contribution in [3.05, 3.63) is 172 Å². The normalized spacial score (nSPS) is 17.7. The fraction of sp³-hybridized carbons (Fsp3) is 0.167. The Bertz CT molecular complexity index is 2020. The third-order valence-corrected chi connectivity index (χ3v) is 9.80. The zero-order chi connectivity index (χ0) is 31.3. The molecular weight excluding hydrogens is 560 g/mol. The van der Waals surface area contributed by atoms with Gasteiger partial charge in [0.05, 0.1) is 5.69 Å². The van der Waals surface area contributed by atoms with Gasteiger partial charge in [0.1, 0.15) is 12.0 Å². The molecule has 4 N–H and O–H groups in total. The molecule has 2 atom stereocenters. The monoisotopic (exact) mass is 598 g/mol. The molecule has 5 aromatic rings. The lowest BCUT2D eigenvalue weighted by Gasteiger charge is -2.23. The summed E-state index contributed by atoms with van der Waals surface area (Å²) in [5.41, 5.74) is 21.6. The highest BCUT2D eigenvalue weighted by molar-refractivity contribution is 6.03. The summed E-state index contributed by atoms with van der Waals surface area (Å²) < 4.78 is 0. The van der Waals surface area contributed by atoms with E-state index in [1.165, 1.54) is 50.2 Å². The van der Waals surface area contributed by atoms with Crippen LogP contribution in [0.3, 0.4) is 0 Å². The largest absolute Gasteiger partial charge is 0.366 e. The van der Waals surface area contributed by atoms with Gasteiger partial charge in [-0.05, 0) is 69.6 Å². The Hall–Kier alpha value is -5.19. The number of fused-ring (bicyclic) bond motifs is 4. The van der Waals surface area contributed by atoms with Gasteiger partial charge >= 0.3 is 0 Å². The predicted octanol–water partition coefficient (Wildman–Crippen LogP) is 9.27. The third kappa shape index (κ3) is 4.96. The van der Waals surface area contributed by atoms with Gasteiger partial charge in [-0.15, -0.1) is 0 Å². The Morgan fingerprint density at radius 3 is 2.26 bits per heavy atom. The Balaban J connectivity index is 1.15. The maximum Gasteiger partial charge on any atom is 0.130 e. The molecule has 0 bridgehead atoms. The molecule has 0 radical (unpaired) electrons. The first-order valence-corrected chi connectivity index (χ1v) is 16.2. The Morgan fingerprint density at radius 1 is 0.804 bits per heavy atom. The molecule has 0 heterocycles. The molecule has 0 spiro atoms. The molecule has 0 fully saturated rings. The fourth-order valence-electron chi connectivity index (χ4n) is 7.29. The average molecular weight is 599 g/mol. The summed E-state index contributed by atoms with van der Waals surface area (Å²) in [5, 5.41) is 7.48. The van der Waals surface area contributed by atoms with Crippen molar-refractivity contribution in [1.29, 1.82) is 0 Å². The van der Waals surface area contributed by atoms with E-state index in [1.807, 2.05) is 36.4 Å². The summed E-state index contributed by atoms with van der Waals surface area (Å²) in [7, 11) is 0. The first-order valence-electron chi connectivity index (χ1n) is 16.2. The van der Waals surface area contributed by atoms with E-state index in [-0.39, 0.29) is 5.41 Å². The number of aliphatic imine (C=N–C) groups is 1. The summed E-state index contributed by atoms with van der Waals surface area (Å²) in [6, 6.07) is 42.6. The van der Waals surface area contributed by atoms with Crippen molar-refractivity contribution in [2.75, 3.05) is 5.32 Å². The molecule has 3 aliphatic carbocycles. The van der Waals surface area contributed by atoms with Gasteiger partial charge in [0.15, 0.2) is 0 Å². The molecule has 0 saturated heterocycles. The number of benzene rings is 5. The number of allylic oxidation sites excluding steroid dienone is 4. The van der Waals surface area contributed by atoms with E-state index < -0.39 is 6.17 Å². The van der Waals surface area contributed by atoms with Gasteiger partial charge in [-0.1, -0.05) is 123 Å². The second-order valence-corrected chi connectivity index (χ2v) is 13.0. The first kappa shape index (κ1) is 28.3. The second-order valence-electron chi connectivity index (χ2n) is 13.0. The van der Waals surface area contributed by atoms with E-state index in [0.717, 1.165) is 29.1 Å². The highest BCUT2D eigenvalue weighted by atomic mass is 15.1. The van der Waals surface area contributed by atoms with Crippen LogP contribution in [0.5, 0.6) is 0 Å². The number of hydrogen-bond acceptors (Lipinski definition) is 3. The molecule has 0 aromatic heterocycles. The van der Waals surface area contributed by atoms with Gasteiger partial charge in [-0.25, -0.2) is 4.99 Å². The number of nitrogens with two attached hydrogens (primary N) is 1. The molecule has 2 unspecified atom stereocenters. The smallest absolute Gasteiger partial charge is 0.130 e. The number of rotatable bonds is 8. The molecule has 0 aliphatic heterocycles. The molecule has 5 aromatic carbocycles. The van der Waals surface area contributed by atoms with E-state index in [2.05, 4.69) is 122 Å². The standard InChI is InChI=1S/C42H38N4/c1-42(2)35-19-10-9-16-33(35)38-36(42)25-24-34(37-31-17-11-18-32(31)37)39(38)45-30-22-20-29(21-23-30)41(44-26-27-12-5-3-6-13-27)46-40(43)28-14-7-4-8-15-28/h3-17,19-25,32,40,45H,18,26,43H2,1-2H3,(H,44,46). The predicted molar refractivity (Wildman–Crippen MR) is 191 cm³/mol. The van der Waals surface area contributed by atoms with Crippen LogP contribution in [-0.2, 0) is 12.0 Å². The molecule has 0 amide bonds. The second kappa shape index (κ2) is 11.3. The van der Waals surface area contributed by atoms with Gasteiger partial charge < -0.3 is 16.4 Å². The Kier molecular flexibility index (Phi) is 6.96. The van der Waals surface area contributed by atoms with Crippen molar-refractivity contribution < 1.29 is 0 Å². The van der Waals surface area contributed by atoms with E-state index in [0.29, 0.717) is 12.5 Å². The van der Waals surface area contributed by atoms with Crippen LogP contribution in [0.2, 0.25) is 0 Å². The molecule has 226 valence electrons. The average Bonchev–Trinajstić information content (AvgIpc) is 3.43. The maximum absolute atomic E-state index is 6.59. The van der Waals surface area contributed by atoms with Gasteiger partial charge in [0, 0.05) is 40.3 Å². The first-order chi connectivity index (χ1) is 22.5. The van der Waals surface area contributed by atoms with Crippen molar-refractivity contribution in [1.82, 2.24) is 5.32 Å². The lowest BCUT2D eigenvalue weighted by Crippen LogP contribution is -2.26. The number of anilines is 2.